The molecule has 0 aliphatic carbocycles. The first kappa shape index (κ1) is 19.9. The van der Waals surface area contributed by atoms with E-state index in [1.807, 2.05) is 12.1 Å². The normalized spacial score (nSPS) is 17.7. The number of hydrogen-bond acceptors (Lipinski definition) is 8. The third kappa shape index (κ3) is 3.99. The molecule has 0 unspecified atom stereocenters. The molecule has 7 nitrogen and oxygen atoms in total. The highest BCUT2D eigenvalue weighted by Crippen LogP contribution is 2.41. The van der Waals surface area contributed by atoms with E-state index in [1.54, 1.807) is 50.4 Å². The first-order chi connectivity index (χ1) is 14.6. The molecule has 154 valence electrons. The molecule has 0 bridgehead atoms. The zero-order valence-electron chi connectivity index (χ0n) is 16.4. The number of benzene rings is 2. The minimum Gasteiger partial charge on any atom is -0.506 e. The number of aliphatic hydroxyl groups is 1. The van der Waals surface area contributed by atoms with Crippen molar-refractivity contribution >= 4 is 34.5 Å². The number of methoxy groups -OCH3 is 1. The molecule has 1 N–H and O–H groups in total. The van der Waals surface area contributed by atoms with Gasteiger partial charge in [0.05, 0.1) is 24.3 Å². The van der Waals surface area contributed by atoms with E-state index in [4.69, 9.17) is 18.9 Å². The van der Waals surface area contributed by atoms with Crippen molar-refractivity contribution in [2.45, 2.75) is 6.92 Å². The number of esters is 1. The summed E-state index contributed by atoms with van der Waals surface area (Å²) in [7, 11) is 1.58. The summed E-state index contributed by atoms with van der Waals surface area (Å²) in [6.45, 7) is 2.08. The Hall–Kier alpha value is -3.39. The third-order valence-corrected chi connectivity index (χ3v) is 5.39. The van der Waals surface area contributed by atoms with Gasteiger partial charge in [-0.05, 0) is 55.0 Å². The highest BCUT2D eigenvalue weighted by molar-refractivity contribution is 8.18. The minimum atomic E-state index is -0.621. The Labute approximate surface area is 177 Å². The number of fused-ring (bicyclic) bond motifs is 1. The van der Waals surface area contributed by atoms with Crippen molar-refractivity contribution in [3.8, 4) is 17.2 Å². The van der Waals surface area contributed by atoms with E-state index < -0.39 is 5.97 Å². The van der Waals surface area contributed by atoms with Crippen LogP contribution in [0.15, 0.2) is 63.7 Å². The van der Waals surface area contributed by atoms with E-state index in [1.165, 1.54) is 11.8 Å². The zero-order chi connectivity index (χ0) is 21.1. The quantitative estimate of drug-likeness (QED) is 0.700. The summed E-state index contributed by atoms with van der Waals surface area (Å²) < 4.78 is 21.0. The van der Waals surface area contributed by atoms with Crippen molar-refractivity contribution < 1.29 is 28.8 Å². The number of rotatable bonds is 5. The van der Waals surface area contributed by atoms with E-state index in [2.05, 4.69) is 4.99 Å². The Morgan fingerprint density at radius 2 is 1.97 bits per heavy atom. The Morgan fingerprint density at radius 1 is 1.20 bits per heavy atom. The molecular formula is C22H19NO6S. The van der Waals surface area contributed by atoms with Crippen LogP contribution in [0.4, 0.5) is 5.69 Å². The van der Waals surface area contributed by atoms with E-state index >= 15 is 0 Å². The molecule has 2 aliphatic rings. The number of carbonyl (C=O) groups is 1. The average molecular weight is 425 g/mol. The van der Waals surface area contributed by atoms with Crippen molar-refractivity contribution in [3.05, 3.63) is 64.3 Å². The highest BCUT2D eigenvalue weighted by atomic mass is 32.2. The van der Waals surface area contributed by atoms with Gasteiger partial charge < -0.3 is 24.1 Å². The van der Waals surface area contributed by atoms with Crippen LogP contribution in [0.5, 0.6) is 17.2 Å². The Morgan fingerprint density at radius 3 is 2.70 bits per heavy atom. The molecule has 0 saturated heterocycles. The van der Waals surface area contributed by atoms with Crippen LogP contribution >= 0.6 is 11.8 Å². The lowest BCUT2D eigenvalue weighted by atomic mass is 10.1. The van der Waals surface area contributed by atoms with Gasteiger partial charge in [0.15, 0.2) is 11.5 Å². The monoisotopic (exact) mass is 425 g/mol. The molecule has 0 fully saturated rings. The third-order valence-electron chi connectivity index (χ3n) is 4.37. The van der Waals surface area contributed by atoms with Crippen molar-refractivity contribution in [3.63, 3.8) is 0 Å². The van der Waals surface area contributed by atoms with Crippen LogP contribution in [0.1, 0.15) is 12.5 Å². The van der Waals surface area contributed by atoms with E-state index in [0.717, 1.165) is 5.56 Å². The molecule has 30 heavy (non-hydrogen) atoms. The second kappa shape index (κ2) is 8.54. The second-order valence-corrected chi connectivity index (χ2v) is 7.31. The van der Waals surface area contributed by atoms with Crippen molar-refractivity contribution in [2.24, 2.45) is 4.99 Å². The van der Waals surface area contributed by atoms with Crippen LogP contribution in [0.25, 0.3) is 6.08 Å². The zero-order valence-corrected chi connectivity index (χ0v) is 17.2. The van der Waals surface area contributed by atoms with Crippen LogP contribution < -0.4 is 14.2 Å². The highest BCUT2D eigenvalue weighted by Gasteiger charge is 2.33. The summed E-state index contributed by atoms with van der Waals surface area (Å²) >= 11 is 1.20. The summed E-state index contributed by atoms with van der Waals surface area (Å²) in [5.41, 5.74) is 1.46. The molecule has 2 aromatic rings. The maximum Gasteiger partial charge on any atom is 0.344 e. The van der Waals surface area contributed by atoms with Gasteiger partial charge >= 0.3 is 5.97 Å². The van der Waals surface area contributed by atoms with Gasteiger partial charge in [0.2, 0.25) is 6.79 Å². The predicted octanol–water partition coefficient (Wildman–Crippen LogP) is 4.62. The van der Waals surface area contributed by atoms with Gasteiger partial charge in [0.25, 0.3) is 0 Å². The molecule has 0 aromatic heterocycles. The molecule has 0 amide bonds. The Kier molecular flexibility index (Phi) is 5.67. The van der Waals surface area contributed by atoms with Gasteiger partial charge in [-0.2, -0.15) is 0 Å². The van der Waals surface area contributed by atoms with Crippen LogP contribution in [0, 0.1) is 0 Å². The molecule has 0 atom stereocenters. The van der Waals surface area contributed by atoms with Crippen molar-refractivity contribution in [1.82, 2.24) is 0 Å². The van der Waals surface area contributed by atoms with E-state index in [0.29, 0.717) is 32.9 Å². The molecule has 0 saturated carbocycles. The second-order valence-electron chi connectivity index (χ2n) is 6.28. The molecule has 4 rings (SSSR count). The van der Waals surface area contributed by atoms with Gasteiger partial charge in [-0.15, -0.1) is 0 Å². The molecule has 2 aromatic carbocycles. The molecule has 0 spiro atoms. The minimum absolute atomic E-state index is 0.0460. The molecule has 0 radical (unpaired) electrons. The summed E-state index contributed by atoms with van der Waals surface area (Å²) in [5.74, 6) is 1.22. The smallest absolute Gasteiger partial charge is 0.344 e. The molecular weight excluding hydrogens is 406 g/mol. The first-order valence-corrected chi connectivity index (χ1v) is 10.0. The average Bonchev–Trinajstić information content (AvgIpc) is 3.33. The summed E-state index contributed by atoms with van der Waals surface area (Å²) in [6.07, 6.45) is 1.76. The number of hydrogen-bond donors (Lipinski definition) is 1. The lowest BCUT2D eigenvalue weighted by Gasteiger charge is -2.04. The Balaban J connectivity index is 1.70. The predicted molar refractivity (Wildman–Crippen MR) is 115 cm³/mol. The number of ether oxygens (including phenoxy) is 4. The Bertz CT molecular complexity index is 1070. The number of aliphatic hydroxyl groups excluding tert-OH is 1. The van der Waals surface area contributed by atoms with Crippen LogP contribution in [0.2, 0.25) is 0 Å². The van der Waals surface area contributed by atoms with Crippen LogP contribution in [-0.2, 0) is 9.53 Å². The SMILES string of the molecule is CCOC(=O)C1=C(O)C(=Cc2ccc3c(c2)OCO3)SC1=Nc1ccc(OC)cc1. The first-order valence-electron chi connectivity index (χ1n) is 9.22. The lowest BCUT2D eigenvalue weighted by molar-refractivity contribution is -0.138. The van der Waals surface area contributed by atoms with Gasteiger partial charge in [-0.3, -0.25) is 0 Å². The summed E-state index contributed by atoms with van der Waals surface area (Å²) in [5, 5.41) is 11.1. The van der Waals surface area contributed by atoms with Crippen molar-refractivity contribution in [2.75, 3.05) is 20.5 Å². The standard InChI is InChI=1S/C22H19NO6S/c1-3-27-22(25)19-20(24)18(11-13-4-9-16-17(10-13)29-12-28-16)30-21(19)23-14-5-7-15(26-2)8-6-14/h4-11,24H,3,12H2,1-2H3. The molecule has 8 heteroatoms. The number of carbonyl (C=O) groups excluding carboxylic acids is 1. The summed E-state index contributed by atoms with van der Waals surface area (Å²) in [4.78, 5) is 17.5. The fraction of sp³-hybridized carbons (Fsp3) is 0.182. The number of aliphatic imine (C=N–C) groups is 1. The van der Waals surface area contributed by atoms with E-state index in [9.17, 15) is 9.90 Å². The fourth-order valence-corrected chi connectivity index (χ4v) is 3.96. The van der Waals surface area contributed by atoms with Crippen LogP contribution in [-0.4, -0.2) is 36.6 Å². The van der Waals surface area contributed by atoms with Gasteiger partial charge in [0.1, 0.15) is 22.1 Å². The largest absolute Gasteiger partial charge is 0.506 e. The van der Waals surface area contributed by atoms with Crippen molar-refractivity contribution in [1.29, 1.82) is 0 Å². The molecule has 2 aliphatic heterocycles. The van der Waals surface area contributed by atoms with Gasteiger partial charge in [0, 0.05) is 0 Å². The maximum absolute atomic E-state index is 12.5. The number of thioether (sulfide) groups is 1. The van der Waals surface area contributed by atoms with Gasteiger partial charge in [-0.1, -0.05) is 17.8 Å². The fourth-order valence-electron chi connectivity index (χ4n) is 2.92. The molecule has 2 heterocycles. The number of nitrogens with zero attached hydrogens (tertiary/aromatic N) is 1. The van der Waals surface area contributed by atoms with Gasteiger partial charge in [-0.25, -0.2) is 9.79 Å². The van der Waals surface area contributed by atoms with Crippen LogP contribution in [0.3, 0.4) is 0 Å². The lowest BCUT2D eigenvalue weighted by Crippen LogP contribution is -2.12. The topological polar surface area (TPSA) is 86.6 Å². The summed E-state index contributed by atoms with van der Waals surface area (Å²) in [6, 6.07) is 12.5. The maximum atomic E-state index is 12.5. The van der Waals surface area contributed by atoms with E-state index in [-0.39, 0.29) is 24.7 Å².